The van der Waals surface area contributed by atoms with Crippen LogP contribution in [-0.2, 0) is 21.1 Å². The Balaban J connectivity index is 0.00000271. The molecule has 0 radical (unpaired) electrons. The minimum Gasteiger partial charge on any atom is -0.482 e. The molecule has 4 rings (SSSR count). The van der Waals surface area contributed by atoms with Crippen molar-refractivity contribution in [3.05, 3.63) is 96.4 Å². The molecule has 0 aliphatic rings. The molecular formula is C30H29F4N5O5S. The number of nitrogens with zero attached hydrogens (tertiary/aromatic N) is 2. The van der Waals surface area contributed by atoms with Gasteiger partial charge in [-0.2, -0.15) is 18.2 Å². The van der Waals surface area contributed by atoms with Crippen LogP contribution in [0.3, 0.4) is 0 Å². The number of halogens is 4. The number of anilines is 2. The Morgan fingerprint density at radius 3 is 2.18 bits per heavy atom. The molecular weight excluding hydrogens is 618 g/mol. The molecule has 0 spiro atoms. The predicted molar refractivity (Wildman–Crippen MR) is 163 cm³/mol. The number of amides is 1. The van der Waals surface area contributed by atoms with E-state index in [1.54, 1.807) is 48.5 Å². The summed E-state index contributed by atoms with van der Waals surface area (Å²) in [6.07, 6.45) is -2.10. The van der Waals surface area contributed by atoms with Crippen LogP contribution in [0.1, 0.15) is 5.56 Å². The van der Waals surface area contributed by atoms with Gasteiger partial charge in [-0.05, 0) is 59.7 Å². The van der Waals surface area contributed by atoms with E-state index in [4.69, 9.17) is 15.6 Å². The summed E-state index contributed by atoms with van der Waals surface area (Å²) in [7, 11) is -2.71. The van der Waals surface area contributed by atoms with Crippen molar-refractivity contribution >= 4 is 38.9 Å². The van der Waals surface area contributed by atoms with E-state index in [0.717, 1.165) is 30.6 Å². The highest BCUT2D eigenvalue weighted by Crippen LogP contribution is 2.30. The molecule has 1 aromatic heterocycles. The number of carbonyl (C=O) groups excluding carboxylic acids is 1. The third-order valence-electron chi connectivity index (χ3n) is 5.80. The number of ether oxygens (including phenoxy) is 1. The second kappa shape index (κ2) is 15.1. The number of benzene rings is 3. The first-order valence-corrected chi connectivity index (χ1v) is 14.8. The highest BCUT2D eigenvalue weighted by molar-refractivity contribution is 7.90. The molecule has 3 aromatic carbocycles. The molecule has 0 bridgehead atoms. The summed E-state index contributed by atoms with van der Waals surface area (Å²) in [5, 5.41) is 12.4. The molecule has 10 nitrogen and oxygen atoms in total. The largest absolute Gasteiger partial charge is 0.482 e. The van der Waals surface area contributed by atoms with Gasteiger partial charge in [0.25, 0.3) is 0 Å². The highest BCUT2D eigenvalue weighted by atomic mass is 32.2. The van der Waals surface area contributed by atoms with Gasteiger partial charge in [0.05, 0.1) is 17.0 Å². The number of hydrogen-bond acceptors (Lipinski definition) is 7. The molecule has 0 aliphatic carbocycles. The zero-order valence-electron chi connectivity index (χ0n) is 24.0. The van der Waals surface area contributed by atoms with Gasteiger partial charge in [0.1, 0.15) is 11.6 Å². The average molecular weight is 648 g/mol. The Hall–Kier alpha value is -5.02. The fourth-order valence-electron chi connectivity index (χ4n) is 3.77. The van der Waals surface area contributed by atoms with Crippen LogP contribution in [-0.4, -0.2) is 56.5 Å². The Bertz CT molecular complexity index is 1730. The van der Waals surface area contributed by atoms with E-state index in [0.29, 0.717) is 11.3 Å². The maximum atomic E-state index is 13.0. The topological polar surface area (TPSA) is 156 Å². The zero-order chi connectivity index (χ0) is 33.2. The number of carbonyl (C=O) groups is 1. The van der Waals surface area contributed by atoms with E-state index in [1.807, 2.05) is 0 Å². The minimum atomic E-state index is -4.65. The number of aromatic nitrogens is 1. The summed E-state index contributed by atoms with van der Waals surface area (Å²) in [5.74, 6) is -1.05. The van der Waals surface area contributed by atoms with Crippen molar-refractivity contribution in [2.75, 3.05) is 30.6 Å². The van der Waals surface area contributed by atoms with Gasteiger partial charge in [-0.25, -0.2) is 17.8 Å². The third kappa shape index (κ3) is 10.9. The summed E-state index contributed by atoms with van der Waals surface area (Å²) in [6.45, 7) is -1.64. The fourth-order valence-corrected chi connectivity index (χ4v) is 4.40. The summed E-state index contributed by atoms with van der Waals surface area (Å²) in [6, 6.07) is 19.4. The first-order chi connectivity index (χ1) is 21.2. The average Bonchev–Trinajstić information content (AvgIpc) is 2.98. The second-order valence-corrected chi connectivity index (χ2v) is 11.3. The molecule has 0 unspecified atom stereocenters. The van der Waals surface area contributed by atoms with Crippen molar-refractivity contribution < 1.29 is 40.6 Å². The number of nitrogens with two attached hydrogens (primary N) is 1. The number of aliphatic hydroxyl groups is 1. The van der Waals surface area contributed by atoms with E-state index >= 15 is 0 Å². The number of pyridine rings is 1. The standard InChI is InChI=1S/C29H25F4N5O4S.CH4O/c1-43(40,41)23-11-12-24(25(15-23)42-17-29(31,32)33)37-28(34)38-26-13-6-20(16-35-26)19-4-9-22(10-5-19)36-27(39)14-18-2-7-21(30)8-3-18;1-2/h2-13,15-16H,14,17H2,1H3,(H,36,39)(H3,34,35,37,38);2H,1H3. The van der Waals surface area contributed by atoms with Crippen LogP contribution >= 0.6 is 0 Å². The van der Waals surface area contributed by atoms with Crippen molar-refractivity contribution in [2.24, 2.45) is 10.7 Å². The number of sulfone groups is 1. The maximum Gasteiger partial charge on any atom is 0.422 e. The third-order valence-corrected chi connectivity index (χ3v) is 6.91. The molecule has 0 saturated carbocycles. The number of guanidine groups is 1. The Morgan fingerprint density at radius 1 is 0.956 bits per heavy atom. The Kier molecular flexibility index (Phi) is 11.6. The van der Waals surface area contributed by atoms with Crippen molar-refractivity contribution in [3.8, 4) is 16.9 Å². The molecule has 1 heterocycles. The van der Waals surface area contributed by atoms with Gasteiger partial charge in [0, 0.05) is 36.9 Å². The van der Waals surface area contributed by atoms with E-state index in [-0.39, 0.29) is 46.3 Å². The number of aliphatic imine (C=N–C) groups is 1. The van der Waals surface area contributed by atoms with Crippen molar-refractivity contribution in [2.45, 2.75) is 17.5 Å². The van der Waals surface area contributed by atoms with Crippen LogP contribution in [0.4, 0.5) is 34.8 Å². The summed E-state index contributed by atoms with van der Waals surface area (Å²) >= 11 is 0. The van der Waals surface area contributed by atoms with E-state index in [1.165, 1.54) is 30.5 Å². The van der Waals surface area contributed by atoms with E-state index in [2.05, 4.69) is 20.6 Å². The van der Waals surface area contributed by atoms with Crippen LogP contribution < -0.4 is 21.1 Å². The second-order valence-electron chi connectivity index (χ2n) is 9.29. The van der Waals surface area contributed by atoms with Crippen molar-refractivity contribution in [1.82, 2.24) is 4.98 Å². The van der Waals surface area contributed by atoms with Crippen molar-refractivity contribution in [1.29, 1.82) is 0 Å². The summed E-state index contributed by atoms with van der Waals surface area (Å²) in [5.41, 5.74) is 8.68. The molecule has 0 saturated heterocycles. The molecule has 45 heavy (non-hydrogen) atoms. The maximum absolute atomic E-state index is 13.0. The first-order valence-electron chi connectivity index (χ1n) is 13.0. The van der Waals surface area contributed by atoms with Gasteiger partial charge in [0.15, 0.2) is 28.2 Å². The molecule has 0 aliphatic heterocycles. The smallest absolute Gasteiger partial charge is 0.422 e. The molecule has 5 N–H and O–H groups in total. The van der Waals surface area contributed by atoms with Gasteiger partial charge in [-0.3, -0.25) is 4.79 Å². The molecule has 0 atom stereocenters. The van der Waals surface area contributed by atoms with Gasteiger partial charge in [-0.15, -0.1) is 0 Å². The monoisotopic (exact) mass is 647 g/mol. The predicted octanol–water partition coefficient (Wildman–Crippen LogP) is 5.08. The van der Waals surface area contributed by atoms with Crippen LogP contribution in [0, 0.1) is 5.82 Å². The normalized spacial score (nSPS) is 11.7. The minimum absolute atomic E-state index is 0.0284. The first kappa shape index (κ1) is 34.5. The summed E-state index contributed by atoms with van der Waals surface area (Å²) in [4.78, 5) is 20.4. The molecule has 1 amide bonds. The van der Waals surface area contributed by atoms with E-state index < -0.39 is 22.6 Å². The lowest BCUT2D eigenvalue weighted by Gasteiger charge is -2.15. The van der Waals surface area contributed by atoms with Crippen molar-refractivity contribution in [3.63, 3.8) is 0 Å². The van der Waals surface area contributed by atoms with Gasteiger partial charge in [-0.1, -0.05) is 24.3 Å². The lowest BCUT2D eigenvalue weighted by Crippen LogP contribution is -2.24. The molecule has 238 valence electrons. The van der Waals surface area contributed by atoms with Crippen LogP contribution in [0.5, 0.6) is 5.75 Å². The zero-order valence-corrected chi connectivity index (χ0v) is 24.8. The number of rotatable bonds is 9. The summed E-state index contributed by atoms with van der Waals surface area (Å²) < 4.78 is 79.7. The van der Waals surface area contributed by atoms with Gasteiger partial charge < -0.3 is 26.2 Å². The quantitative estimate of drug-likeness (QED) is 0.111. The van der Waals surface area contributed by atoms with E-state index in [9.17, 15) is 30.8 Å². The highest BCUT2D eigenvalue weighted by Gasteiger charge is 2.29. The number of alkyl halides is 3. The Morgan fingerprint density at radius 2 is 1.60 bits per heavy atom. The van der Waals surface area contributed by atoms with Gasteiger partial charge in [0.2, 0.25) is 5.91 Å². The number of nitrogens with one attached hydrogen (secondary N) is 2. The van der Waals surface area contributed by atoms with Crippen LogP contribution in [0.15, 0.2) is 94.9 Å². The molecule has 4 aromatic rings. The lowest BCUT2D eigenvalue weighted by atomic mass is 10.1. The fraction of sp³-hybridized carbons (Fsp3) is 0.167. The van der Waals surface area contributed by atoms with Gasteiger partial charge >= 0.3 is 6.18 Å². The Labute approximate surface area is 256 Å². The number of hydrogen-bond donors (Lipinski definition) is 4. The van der Waals surface area contributed by atoms with Crippen LogP contribution in [0.2, 0.25) is 0 Å². The SMILES string of the molecule is CO.CS(=O)(=O)c1ccc(NC(N)=Nc2ccc(-c3ccc(NC(=O)Cc4ccc(F)cc4)cc3)cn2)c(OCC(F)(F)F)c1. The van der Waals surface area contributed by atoms with Crippen LogP contribution in [0.25, 0.3) is 11.1 Å². The molecule has 15 heteroatoms. The molecule has 0 fully saturated rings. The number of aliphatic hydroxyl groups excluding tert-OH is 1. The lowest BCUT2D eigenvalue weighted by molar-refractivity contribution is -0.153.